The quantitative estimate of drug-likeness (QED) is 0.869. The molecule has 1 fully saturated rings. The van der Waals surface area contributed by atoms with Crippen LogP contribution >= 0.6 is 23.4 Å². The largest absolute Gasteiger partial charge is 0.346 e. The Labute approximate surface area is 127 Å². The Morgan fingerprint density at radius 3 is 2.75 bits per heavy atom. The highest BCUT2D eigenvalue weighted by Crippen LogP contribution is 2.26. The van der Waals surface area contributed by atoms with Crippen LogP contribution in [0.15, 0.2) is 23.1 Å². The second-order valence-electron chi connectivity index (χ2n) is 4.67. The van der Waals surface area contributed by atoms with Gasteiger partial charge in [-0.15, -0.1) is 11.8 Å². The molecule has 20 heavy (non-hydrogen) atoms. The topological polar surface area (TPSA) is 49.4 Å². The summed E-state index contributed by atoms with van der Waals surface area (Å²) in [6.07, 6.45) is 0. The van der Waals surface area contributed by atoms with Gasteiger partial charge in [0.1, 0.15) is 0 Å². The van der Waals surface area contributed by atoms with Gasteiger partial charge in [-0.1, -0.05) is 18.5 Å². The standard InChI is InChI=1S/C14H17ClN2O2S/c1-3-20-13-6-10(15)4-5-12(13)14(19)16-11-7-17(8-11)9(2)18/h4-6,11H,3,7-8H2,1-2H3,(H,16,19). The van der Waals surface area contributed by atoms with Crippen LogP contribution in [0, 0.1) is 0 Å². The number of rotatable bonds is 4. The number of amides is 2. The first kappa shape index (κ1) is 15.2. The van der Waals surface area contributed by atoms with E-state index in [4.69, 9.17) is 11.6 Å². The summed E-state index contributed by atoms with van der Waals surface area (Å²) in [6, 6.07) is 5.32. The van der Waals surface area contributed by atoms with E-state index in [2.05, 4.69) is 5.32 Å². The maximum Gasteiger partial charge on any atom is 0.252 e. The van der Waals surface area contributed by atoms with Gasteiger partial charge in [-0.2, -0.15) is 0 Å². The molecule has 1 saturated heterocycles. The number of halogens is 1. The van der Waals surface area contributed by atoms with E-state index in [9.17, 15) is 9.59 Å². The summed E-state index contributed by atoms with van der Waals surface area (Å²) in [7, 11) is 0. The first-order valence-corrected chi connectivity index (χ1v) is 7.86. The van der Waals surface area contributed by atoms with Crippen LogP contribution in [0.4, 0.5) is 0 Å². The van der Waals surface area contributed by atoms with Gasteiger partial charge in [0.25, 0.3) is 5.91 Å². The minimum absolute atomic E-state index is 0.0431. The van der Waals surface area contributed by atoms with E-state index in [0.717, 1.165) is 10.6 Å². The molecule has 1 aromatic carbocycles. The first-order chi connectivity index (χ1) is 9.51. The van der Waals surface area contributed by atoms with Crippen molar-refractivity contribution in [1.82, 2.24) is 10.2 Å². The zero-order chi connectivity index (χ0) is 14.7. The summed E-state index contributed by atoms with van der Waals surface area (Å²) in [5.41, 5.74) is 0.641. The molecular formula is C14H17ClN2O2S. The lowest BCUT2D eigenvalue weighted by Crippen LogP contribution is -2.60. The highest BCUT2D eigenvalue weighted by molar-refractivity contribution is 7.99. The molecule has 0 unspecified atom stereocenters. The molecule has 1 aliphatic heterocycles. The van der Waals surface area contributed by atoms with Gasteiger partial charge in [0, 0.05) is 29.9 Å². The number of nitrogens with one attached hydrogen (secondary N) is 1. The van der Waals surface area contributed by atoms with E-state index in [1.54, 1.807) is 28.8 Å². The average molecular weight is 313 g/mol. The molecule has 1 aliphatic rings. The fourth-order valence-electron chi connectivity index (χ4n) is 2.05. The molecule has 0 saturated carbocycles. The van der Waals surface area contributed by atoms with Gasteiger partial charge in [-0.25, -0.2) is 0 Å². The second kappa shape index (κ2) is 6.50. The zero-order valence-electron chi connectivity index (χ0n) is 11.5. The predicted molar refractivity (Wildman–Crippen MR) is 81.4 cm³/mol. The molecule has 1 aromatic rings. The number of hydrogen-bond donors (Lipinski definition) is 1. The molecule has 0 aliphatic carbocycles. The van der Waals surface area contributed by atoms with Crippen molar-refractivity contribution in [2.24, 2.45) is 0 Å². The Balaban J connectivity index is 2.01. The van der Waals surface area contributed by atoms with Crippen LogP contribution in [0.3, 0.4) is 0 Å². The molecule has 2 rings (SSSR count). The third kappa shape index (κ3) is 3.46. The average Bonchev–Trinajstić information content (AvgIpc) is 2.33. The van der Waals surface area contributed by atoms with Crippen LogP contribution < -0.4 is 5.32 Å². The summed E-state index contributed by atoms with van der Waals surface area (Å²) in [6.45, 7) is 4.74. The van der Waals surface area contributed by atoms with E-state index in [1.165, 1.54) is 6.92 Å². The molecule has 6 heteroatoms. The van der Waals surface area contributed by atoms with Crippen molar-refractivity contribution in [3.63, 3.8) is 0 Å². The van der Waals surface area contributed by atoms with E-state index in [0.29, 0.717) is 23.7 Å². The molecule has 0 spiro atoms. The maximum atomic E-state index is 12.3. The highest BCUT2D eigenvalue weighted by Gasteiger charge is 2.30. The number of hydrogen-bond acceptors (Lipinski definition) is 3. The molecule has 1 heterocycles. The number of carbonyl (C=O) groups is 2. The Kier molecular flexibility index (Phi) is 4.94. The van der Waals surface area contributed by atoms with Gasteiger partial charge in [0.05, 0.1) is 11.6 Å². The van der Waals surface area contributed by atoms with E-state index in [1.807, 2.05) is 13.0 Å². The monoisotopic (exact) mass is 312 g/mol. The molecule has 1 N–H and O–H groups in total. The van der Waals surface area contributed by atoms with Crippen molar-refractivity contribution in [1.29, 1.82) is 0 Å². The molecule has 0 atom stereocenters. The van der Waals surface area contributed by atoms with E-state index < -0.39 is 0 Å². The van der Waals surface area contributed by atoms with Gasteiger partial charge in [0.15, 0.2) is 0 Å². The number of benzene rings is 1. The van der Waals surface area contributed by atoms with Crippen LogP contribution in [-0.2, 0) is 4.79 Å². The third-order valence-electron chi connectivity index (χ3n) is 3.15. The van der Waals surface area contributed by atoms with Crippen LogP contribution in [0.1, 0.15) is 24.2 Å². The second-order valence-corrected chi connectivity index (χ2v) is 6.41. The third-order valence-corrected chi connectivity index (χ3v) is 4.32. The Hall–Kier alpha value is -1.20. The summed E-state index contributed by atoms with van der Waals surface area (Å²) in [5.74, 6) is 0.817. The molecule has 108 valence electrons. The van der Waals surface area contributed by atoms with E-state index >= 15 is 0 Å². The maximum absolute atomic E-state index is 12.3. The van der Waals surface area contributed by atoms with Gasteiger partial charge in [-0.05, 0) is 24.0 Å². The summed E-state index contributed by atoms with van der Waals surface area (Å²) < 4.78 is 0. The van der Waals surface area contributed by atoms with Crippen molar-refractivity contribution in [3.8, 4) is 0 Å². The van der Waals surface area contributed by atoms with Crippen LogP contribution in [0.25, 0.3) is 0 Å². The summed E-state index contributed by atoms with van der Waals surface area (Å²) in [4.78, 5) is 26.0. The van der Waals surface area contributed by atoms with Crippen LogP contribution in [0.2, 0.25) is 5.02 Å². The first-order valence-electron chi connectivity index (χ1n) is 6.50. The minimum Gasteiger partial charge on any atom is -0.346 e. The molecule has 0 aromatic heterocycles. The number of thioether (sulfide) groups is 1. The van der Waals surface area contributed by atoms with Crippen LogP contribution in [-0.4, -0.2) is 41.6 Å². The normalized spacial score (nSPS) is 14.8. The SMILES string of the molecule is CCSc1cc(Cl)ccc1C(=O)NC1CN(C(C)=O)C1. The van der Waals surface area contributed by atoms with Gasteiger partial charge >= 0.3 is 0 Å². The van der Waals surface area contributed by atoms with Crippen molar-refractivity contribution in [3.05, 3.63) is 28.8 Å². The predicted octanol–water partition coefficient (Wildman–Crippen LogP) is 2.41. The highest BCUT2D eigenvalue weighted by atomic mass is 35.5. The fraction of sp³-hybridized carbons (Fsp3) is 0.429. The van der Waals surface area contributed by atoms with Crippen molar-refractivity contribution in [2.75, 3.05) is 18.8 Å². The van der Waals surface area contributed by atoms with E-state index in [-0.39, 0.29) is 17.9 Å². The lowest BCUT2D eigenvalue weighted by atomic mass is 10.1. The van der Waals surface area contributed by atoms with Gasteiger partial charge < -0.3 is 10.2 Å². The lowest BCUT2D eigenvalue weighted by Gasteiger charge is -2.38. The van der Waals surface area contributed by atoms with Crippen molar-refractivity contribution >= 4 is 35.2 Å². The summed E-state index contributed by atoms with van der Waals surface area (Å²) >= 11 is 7.56. The number of likely N-dealkylation sites (tertiary alicyclic amines) is 1. The molecule has 0 radical (unpaired) electrons. The molecule has 0 bridgehead atoms. The fourth-order valence-corrected chi connectivity index (χ4v) is 3.12. The Morgan fingerprint density at radius 2 is 2.15 bits per heavy atom. The Bertz CT molecular complexity index is 530. The summed E-state index contributed by atoms with van der Waals surface area (Å²) in [5, 5.41) is 3.58. The molecule has 2 amide bonds. The Morgan fingerprint density at radius 1 is 1.45 bits per heavy atom. The van der Waals surface area contributed by atoms with Gasteiger partial charge in [-0.3, -0.25) is 9.59 Å². The minimum atomic E-state index is -0.106. The van der Waals surface area contributed by atoms with Crippen LogP contribution in [0.5, 0.6) is 0 Å². The molecular weight excluding hydrogens is 296 g/mol. The van der Waals surface area contributed by atoms with Gasteiger partial charge in [0.2, 0.25) is 5.91 Å². The van der Waals surface area contributed by atoms with Crippen molar-refractivity contribution < 1.29 is 9.59 Å². The molecule has 4 nitrogen and oxygen atoms in total. The number of carbonyl (C=O) groups excluding carboxylic acids is 2. The van der Waals surface area contributed by atoms with Crippen molar-refractivity contribution in [2.45, 2.75) is 24.8 Å². The number of nitrogens with zero attached hydrogens (tertiary/aromatic N) is 1. The lowest BCUT2D eigenvalue weighted by molar-refractivity contribution is -0.133. The smallest absolute Gasteiger partial charge is 0.252 e. The zero-order valence-corrected chi connectivity index (χ0v) is 13.1.